The molecule has 130 valence electrons. The number of nitrogens with zero attached hydrogens (tertiary/aromatic N) is 4. The van der Waals surface area contributed by atoms with E-state index < -0.39 is 15.5 Å². The Bertz CT molecular complexity index is 996. The van der Waals surface area contributed by atoms with E-state index in [0.717, 1.165) is 6.07 Å². The molecule has 9 heteroatoms. The summed E-state index contributed by atoms with van der Waals surface area (Å²) in [6.07, 6.45) is 2.90. The number of carbonyl (C=O) groups excluding carboxylic acids is 1. The zero-order valence-corrected chi connectivity index (χ0v) is 13.5. The van der Waals surface area contributed by atoms with Gasteiger partial charge in [0.05, 0.1) is 21.6 Å². The minimum absolute atomic E-state index is 0.0934. The van der Waals surface area contributed by atoms with Crippen molar-refractivity contribution in [3.63, 3.8) is 0 Å². The quantitative estimate of drug-likeness (QED) is 0.616. The molecular weight excluding hydrogens is 340 g/mol. The Morgan fingerprint density at radius 2 is 1.65 bits per heavy atom. The zero-order valence-electron chi connectivity index (χ0n) is 13.5. The minimum atomic E-state index is -0.701. The number of anilines is 1. The fourth-order valence-electron chi connectivity index (χ4n) is 2.60. The number of allylic oxidation sites excluding steroid dienone is 2. The number of rotatable bonds is 4. The van der Waals surface area contributed by atoms with Crippen LogP contribution in [0.5, 0.6) is 0 Å². The number of hydrazone groups is 1. The minimum Gasteiger partial charge on any atom is -0.289 e. The molecule has 0 saturated heterocycles. The van der Waals surface area contributed by atoms with Gasteiger partial charge in [-0.3, -0.25) is 30.0 Å². The lowest BCUT2D eigenvalue weighted by Crippen LogP contribution is -2.18. The fourth-order valence-corrected chi connectivity index (χ4v) is 2.60. The van der Waals surface area contributed by atoms with E-state index >= 15 is 0 Å². The van der Waals surface area contributed by atoms with Crippen molar-refractivity contribution in [2.45, 2.75) is 0 Å². The van der Waals surface area contributed by atoms with Gasteiger partial charge in [0.25, 0.3) is 5.69 Å². The van der Waals surface area contributed by atoms with Gasteiger partial charge >= 0.3 is 5.69 Å². The average molecular weight is 352 g/mol. The monoisotopic (exact) mass is 352 g/mol. The Balaban J connectivity index is 2.06. The van der Waals surface area contributed by atoms with E-state index in [4.69, 9.17) is 0 Å². The summed E-state index contributed by atoms with van der Waals surface area (Å²) in [5.41, 5.74) is 0.827. The maximum atomic E-state index is 11.9. The van der Waals surface area contributed by atoms with Crippen LogP contribution in [0, 0.1) is 20.2 Å². The van der Waals surface area contributed by atoms with E-state index in [9.17, 15) is 25.0 Å². The third-order valence-corrected chi connectivity index (χ3v) is 3.83. The smallest absolute Gasteiger partial charge is 0.289 e. The van der Waals surface area contributed by atoms with Gasteiger partial charge in [-0.2, -0.15) is 5.10 Å². The van der Waals surface area contributed by atoms with Crippen LogP contribution in [0.1, 0.15) is 15.9 Å². The SMILES string of the molecule is CN(/N=C1\C=CC(=O)c2ccccc21)c1ccc([N+](=O)[O-])cc1[N+](=O)[O-]. The summed E-state index contributed by atoms with van der Waals surface area (Å²) in [6.45, 7) is 0. The molecule has 0 saturated carbocycles. The molecule has 0 bridgehead atoms. The molecule has 1 aliphatic carbocycles. The number of nitro groups is 2. The van der Waals surface area contributed by atoms with Crippen molar-refractivity contribution in [3.05, 3.63) is 86.0 Å². The molecule has 2 aromatic carbocycles. The Labute approximate surface area is 147 Å². The molecule has 2 aromatic rings. The molecule has 0 aromatic heterocycles. The number of non-ortho nitro benzene ring substituents is 1. The topological polar surface area (TPSA) is 119 Å². The molecule has 3 rings (SSSR count). The maximum Gasteiger partial charge on any atom is 0.301 e. The Kier molecular flexibility index (Phi) is 4.27. The predicted octanol–water partition coefficient (Wildman–Crippen LogP) is 3.10. The van der Waals surface area contributed by atoms with Crippen LogP contribution in [0.2, 0.25) is 0 Å². The second-order valence-electron chi connectivity index (χ2n) is 5.44. The molecule has 0 atom stereocenters. The van der Waals surface area contributed by atoms with E-state index in [-0.39, 0.29) is 17.2 Å². The predicted molar refractivity (Wildman–Crippen MR) is 94.6 cm³/mol. The summed E-state index contributed by atoms with van der Waals surface area (Å²) in [4.78, 5) is 32.6. The molecule has 0 aliphatic heterocycles. The van der Waals surface area contributed by atoms with Gasteiger partial charge in [0, 0.05) is 24.2 Å². The van der Waals surface area contributed by atoms with E-state index in [2.05, 4.69) is 5.10 Å². The average Bonchev–Trinajstić information content (AvgIpc) is 2.63. The van der Waals surface area contributed by atoms with Gasteiger partial charge in [-0.15, -0.1) is 0 Å². The van der Waals surface area contributed by atoms with Crippen molar-refractivity contribution < 1.29 is 14.6 Å². The van der Waals surface area contributed by atoms with Gasteiger partial charge < -0.3 is 0 Å². The highest BCUT2D eigenvalue weighted by Crippen LogP contribution is 2.32. The van der Waals surface area contributed by atoms with Crippen LogP contribution in [-0.2, 0) is 0 Å². The number of hydrogen-bond donors (Lipinski definition) is 0. The van der Waals surface area contributed by atoms with Crippen LogP contribution in [0.3, 0.4) is 0 Å². The lowest BCUT2D eigenvalue weighted by Gasteiger charge is -2.17. The summed E-state index contributed by atoms with van der Waals surface area (Å²) < 4.78 is 0. The molecule has 9 nitrogen and oxygen atoms in total. The highest BCUT2D eigenvalue weighted by molar-refractivity contribution is 6.24. The largest absolute Gasteiger partial charge is 0.301 e. The van der Waals surface area contributed by atoms with Gasteiger partial charge in [0.2, 0.25) is 0 Å². The highest BCUT2D eigenvalue weighted by atomic mass is 16.6. The molecule has 26 heavy (non-hydrogen) atoms. The van der Waals surface area contributed by atoms with Crippen molar-refractivity contribution in [2.75, 3.05) is 12.1 Å². The molecule has 1 aliphatic rings. The van der Waals surface area contributed by atoms with E-state index in [1.54, 1.807) is 24.3 Å². The van der Waals surface area contributed by atoms with Gasteiger partial charge in [-0.05, 0) is 18.2 Å². The number of carbonyl (C=O) groups is 1. The number of nitro benzene ring substituents is 2. The zero-order chi connectivity index (χ0) is 18.8. The van der Waals surface area contributed by atoms with Crippen LogP contribution < -0.4 is 5.01 Å². The first-order valence-electron chi connectivity index (χ1n) is 7.45. The fraction of sp³-hybridized carbons (Fsp3) is 0.0588. The molecule has 0 radical (unpaired) electrons. The van der Waals surface area contributed by atoms with Crippen LogP contribution in [0.25, 0.3) is 0 Å². The van der Waals surface area contributed by atoms with E-state index in [1.807, 2.05) is 0 Å². The summed E-state index contributed by atoms with van der Waals surface area (Å²) in [5, 5.41) is 27.7. The first-order chi connectivity index (χ1) is 12.4. The van der Waals surface area contributed by atoms with Crippen molar-refractivity contribution >= 4 is 28.6 Å². The summed E-state index contributed by atoms with van der Waals surface area (Å²) in [5.74, 6) is -0.150. The van der Waals surface area contributed by atoms with Gasteiger partial charge in [-0.25, -0.2) is 0 Å². The van der Waals surface area contributed by atoms with Crippen LogP contribution in [0.15, 0.2) is 59.7 Å². The van der Waals surface area contributed by atoms with Gasteiger partial charge in [0.1, 0.15) is 5.69 Å². The second kappa shape index (κ2) is 6.55. The van der Waals surface area contributed by atoms with Crippen molar-refractivity contribution in [3.8, 4) is 0 Å². The Morgan fingerprint density at radius 1 is 0.962 bits per heavy atom. The molecule has 0 fully saturated rings. The number of fused-ring (bicyclic) bond motifs is 1. The molecule has 0 unspecified atom stereocenters. The van der Waals surface area contributed by atoms with Gasteiger partial charge in [-0.1, -0.05) is 24.3 Å². The molecule has 0 spiro atoms. The summed E-state index contributed by atoms with van der Waals surface area (Å²) >= 11 is 0. The van der Waals surface area contributed by atoms with Crippen LogP contribution in [0.4, 0.5) is 17.1 Å². The number of ketones is 1. The van der Waals surface area contributed by atoms with E-state index in [1.165, 1.54) is 36.3 Å². The Morgan fingerprint density at radius 3 is 2.31 bits per heavy atom. The summed E-state index contributed by atoms with van der Waals surface area (Å²) in [6, 6.07) is 10.2. The first kappa shape index (κ1) is 17.0. The third kappa shape index (κ3) is 3.05. The number of benzene rings is 2. The van der Waals surface area contributed by atoms with E-state index in [0.29, 0.717) is 16.8 Å². The van der Waals surface area contributed by atoms with Crippen LogP contribution >= 0.6 is 0 Å². The third-order valence-electron chi connectivity index (χ3n) is 3.83. The molecular formula is C17H12N4O5. The van der Waals surface area contributed by atoms with Gasteiger partial charge in [0.15, 0.2) is 5.78 Å². The normalized spacial score (nSPS) is 14.2. The molecule has 0 amide bonds. The van der Waals surface area contributed by atoms with Crippen LogP contribution in [-0.4, -0.2) is 28.4 Å². The summed E-state index contributed by atoms with van der Waals surface area (Å²) in [7, 11) is 1.49. The first-order valence-corrected chi connectivity index (χ1v) is 7.45. The highest BCUT2D eigenvalue weighted by Gasteiger charge is 2.23. The van der Waals surface area contributed by atoms with Crippen molar-refractivity contribution in [1.82, 2.24) is 0 Å². The lowest BCUT2D eigenvalue weighted by molar-refractivity contribution is -0.393. The molecule has 0 N–H and O–H groups in total. The second-order valence-corrected chi connectivity index (χ2v) is 5.44. The standard InChI is InChI=1S/C17H12N4O5/c1-19(15-8-6-11(20(23)24)10-16(15)21(25)26)18-14-7-9-17(22)13-5-3-2-4-12(13)14/h2-10H,1H3/b18-14+. The van der Waals surface area contributed by atoms with Crippen molar-refractivity contribution in [1.29, 1.82) is 0 Å². The number of hydrogen-bond acceptors (Lipinski definition) is 7. The van der Waals surface area contributed by atoms with Crippen molar-refractivity contribution in [2.24, 2.45) is 5.10 Å². The Hall–Kier alpha value is -3.88. The lowest BCUT2D eigenvalue weighted by atomic mass is 9.94. The molecule has 0 heterocycles. The maximum absolute atomic E-state index is 11.9.